The molecule has 1 heterocycles. The van der Waals surface area contributed by atoms with Crippen LogP contribution in [-0.4, -0.2) is 12.0 Å². The van der Waals surface area contributed by atoms with E-state index in [0.717, 1.165) is 6.07 Å². The number of fused-ring (bicyclic) bond motifs is 1. The fraction of sp³-hybridized carbons (Fsp3) is 0.222. The molecule has 0 saturated carbocycles. The van der Waals surface area contributed by atoms with Crippen LogP contribution in [0.1, 0.15) is 15.9 Å². The van der Waals surface area contributed by atoms with E-state index in [1.807, 2.05) is 0 Å². The molecule has 0 aromatic heterocycles. The molecule has 0 atom stereocenters. The van der Waals surface area contributed by atoms with Crippen molar-refractivity contribution in [1.29, 1.82) is 0 Å². The van der Waals surface area contributed by atoms with Gasteiger partial charge in [0.15, 0.2) is 6.79 Å². The van der Waals surface area contributed by atoms with Crippen LogP contribution in [0.15, 0.2) is 12.1 Å². The molecule has 0 bridgehead atoms. The van der Waals surface area contributed by atoms with Gasteiger partial charge in [-0.2, -0.15) is 0 Å². The zero-order chi connectivity index (χ0) is 10.1. The molecule has 0 amide bonds. The summed E-state index contributed by atoms with van der Waals surface area (Å²) in [4.78, 5) is 10.9. The molecule has 1 aliphatic heterocycles. The normalized spacial score (nSPS) is 14.4. The third-order valence-corrected chi connectivity index (χ3v) is 2.09. The third-order valence-electron chi connectivity index (χ3n) is 1.89. The summed E-state index contributed by atoms with van der Waals surface area (Å²) in [5.74, 6) is -0.209. The summed E-state index contributed by atoms with van der Waals surface area (Å²) in [5.41, 5.74) is 0.546. The molecule has 0 aliphatic carbocycles. The van der Waals surface area contributed by atoms with Gasteiger partial charge in [-0.15, -0.1) is 0 Å². The SMILES string of the molecule is O=C(Cl)c1cc(F)cc2c1OCOC2. The van der Waals surface area contributed by atoms with Gasteiger partial charge in [0.25, 0.3) is 5.24 Å². The summed E-state index contributed by atoms with van der Waals surface area (Å²) < 4.78 is 23.0. The molecule has 0 radical (unpaired) electrons. The molecule has 14 heavy (non-hydrogen) atoms. The highest BCUT2D eigenvalue weighted by atomic mass is 35.5. The highest BCUT2D eigenvalue weighted by molar-refractivity contribution is 6.68. The Labute approximate surface area is 84.4 Å². The highest BCUT2D eigenvalue weighted by Crippen LogP contribution is 2.30. The van der Waals surface area contributed by atoms with Crippen molar-refractivity contribution >= 4 is 16.8 Å². The standard InChI is InChI=1S/C9H6ClFO3/c10-9(12)7-2-6(11)1-5-3-13-4-14-8(5)7/h1-2H,3-4H2. The Bertz CT molecular complexity index is 392. The Balaban J connectivity index is 2.58. The molecule has 3 nitrogen and oxygen atoms in total. The number of halogens is 2. The molecule has 1 aliphatic rings. The van der Waals surface area contributed by atoms with E-state index in [1.165, 1.54) is 6.07 Å². The maximum Gasteiger partial charge on any atom is 0.256 e. The van der Waals surface area contributed by atoms with Crippen LogP contribution in [0, 0.1) is 5.82 Å². The van der Waals surface area contributed by atoms with Crippen LogP contribution in [0.4, 0.5) is 4.39 Å². The minimum Gasteiger partial charge on any atom is -0.466 e. The lowest BCUT2D eigenvalue weighted by Gasteiger charge is -2.19. The van der Waals surface area contributed by atoms with Crippen molar-refractivity contribution in [3.05, 3.63) is 29.1 Å². The molecule has 0 saturated heterocycles. The largest absolute Gasteiger partial charge is 0.466 e. The van der Waals surface area contributed by atoms with Crippen molar-refractivity contribution < 1.29 is 18.7 Å². The van der Waals surface area contributed by atoms with Crippen LogP contribution in [0.3, 0.4) is 0 Å². The fourth-order valence-corrected chi connectivity index (χ4v) is 1.47. The Morgan fingerprint density at radius 1 is 1.50 bits per heavy atom. The predicted octanol–water partition coefficient (Wildman–Crippen LogP) is 2.07. The number of rotatable bonds is 1. The smallest absolute Gasteiger partial charge is 0.256 e. The van der Waals surface area contributed by atoms with Crippen molar-refractivity contribution in [2.24, 2.45) is 0 Å². The summed E-state index contributed by atoms with van der Waals surface area (Å²) in [7, 11) is 0. The van der Waals surface area contributed by atoms with Gasteiger partial charge in [-0.1, -0.05) is 0 Å². The summed E-state index contributed by atoms with van der Waals surface area (Å²) in [6.45, 7) is 0.278. The first-order chi connectivity index (χ1) is 6.68. The lowest BCUT2D eigenvalue weighted by molar-refractivity contribution is -0.0169. The van der Waals surface area contributed by atoms with Crippen molar-refractivity contribution in [3.8, 4) is 5.75 Å². The first-order valence-corrected chi connectivity index (χ1v) is 4.29. The molecule has 1 aromatic rings. The van der Waals surface area contributed by atoms with E-state index in [1.54, 1.807) is 0 Å². The van der Waals surface area contributed by atoms with Gasteiger partial charge >= 0.3 is 0 Å². The molecule has 74 valence electrons. The summed E-state index contributed by atoms with van der Waals surface area (Å²) >= 11 is 5.29. The zero-order valence-corrected chi connectivity index (χ0v) is 7.81. The molecule has 2 rings (SSSR count). The van der Waals surface area contributed by atoms with E-state index >= 15 is 0 Å². The highest BCUT2D eigenvalue weighted by Gasteiger charge is 2.20. The van der Waals surface area contributed by atoms with E-state index in [4.69, 9.17) is 21.1 Å². The van der Waals surface area contributed by atoms with Crippen LogP contribution in [0.25, 0.3) is 0 Å². The van der Waals surface area contributed by atoms with E-state index in [2.05, 4.69) is 0 Å². The van der Waals surface area contributed by atoms with E-state index in [9.17, 15) is 9.18 Å². The van der Waals surface area contributed by atoms with E-state index in [-0.39, 0.29) is 19.0 Å². The topological polar surface area (TPSA) is 35.5 Å². The number of ether oxygens (including phenoxy) is 2. The lowest BCUT2D eigenvalue weighted by Crippen LogP contribution is -2.14. The van der Waals surface area contributed by atoms with Crippen molar-refractivity contribution in [2.75, 3.05) is 6.79 Å². The van der Waals surface area contributed by atoms with Gasteiger partial charge in [0.05, 0.1) is 12.2 Å². The van der Waals surface area contributed by atoms with Gasteiger partial charge in [-0.05, 0) is 23.7 Å². The summed E-state index contributed by atoms with van der Waals surface area (Å²) in [6.07, 6.45) is 0. The molecule has 0 spiro atoms. The Hall–Kier alpha value is -1.13. The van der Waals surface area contributed by atoms with Crippen LogP contribution in [-0.2, 0) is 11.3 Å². The molecule has 0 fully saturated rings. The second-order valence-electron chi connectivity index (χ2n) is 2.83. The lowest BCUT2D eigenvalue weighted by atomic mass is 10.1. The van der Waals surface area contributed by atoms with Crippen molar-refractivity contribution in [2.45, 2.75) is 6.61 Å². The summed E-state index contributed by atoms with van der Waals surface area (Å²) in [6, 6.07) is 2.32. The minimum absolute atomic E-state index is 0.0463. The second kappa shape index (κ2) is 3.55. The quantitative estimate of drug-likeness (QED) is 0.675. The van der Waals surface area contributed by atoms with Crippen molar-refractivity contribution in [1.82, 2.24) is 0 Å². The van der Waals surface area contributed by atoms with Crippen LogP contribution in [0.5, 0.6) is 5.75 Å². The van der Waals surface area contributed by atoms with E-state index < -0.39 is 11.1 Å². The molecule has 5 heteroatoms. The minimum atomic E-state index is -0.734. The van der Waals surface area contributed by atoms with Gasteiger partial charge in [-0.3, -0.25) is 4.79 Å². The average Bonchev–Trinajstić information content (AvgIpc) is 2.16. The van der Waals surface area contributed by atoms with Crippen LogP contribution < -0.4 is 4.74 Å². The maximum absolute atomic E-state index is 13.0. The summed E-state index contributed by atoms with van der Waals surface area (Å²) in [5, 5.41) is -0.734. The predicted molar refractivity (Wildman–Crippen MR) is 46.9 cm³/mol. The van der Waals surface area contributed by atoms with Gasteiger partial charge in [0.2, 0.25) is 0 Å². The van der Waals surface area contributed by atoms with Crippen LogP contribution in [0.2, 0.25) is 0 Å². The first-order valence-electron chi connectivity index (χ1n) is 3.91. The number of hydrogen-bond acceptors (Lipinski definition) is 3. The monoisotopic (exact) mass is 216 g/mol. The molecular formula is C9H6ClFO3. The molecule has 0 unspecified atom stereocenters. The third kappa shape index (κ3) is 1.58. The number of hydrogen-bond donors (Lipinski definition) is 0. The zero-order valence-electron chi connectivity index (χ0n) is 7.05. The fourth-order valence-electron chi connectivity index (χ4n) is 1.33. The second-order valence-corrected chi connectivity index (χ2v) is 3.17. The van der Waals surface area contributed by atoms with Gasteiger partial charge in [0, 0.05) is 5.56 Å². The van der Waals surface area contributed by atoms with Crippen molar-refractivity contribution in [3.63, 3.8) is 0 Å². The average molecular weight is 217 g/mol. The molecular weight excluding hydrogens is 211 g/mol. The Morgan fingerprint density at radius 2 is 2.29 bits per heavy atom. The number of carbonyl (C=O) groups excluding carboxylic acids is 1. The van der Waals surface area contributed by atoms with Gasteiger partial charge < -0.3 is 9.47 Å². The number of benzene rings is 1. The number of carbonyl (C=O) groups is 1. The van der Waals surface area contributed by atoms with E-state index in [0.29, 0.717) is 11.3 Å². The van der Waals surface area contributed by atoms with Crippen LogP contribution >= 0.6 is 11.6 Å². The van der Waals surface area contributed by atoms with Gasteiger partial charge in [0.1, 0.15) is 11.6 Å². The Morgan fingerprint density at radius 3 is 3.00 bits per heavy atom. The molecule has 0 N–H and O–H groups in total. The molecule has 1 aromatic carbocycles. The maximum atomic E-state index is 13.0. The van der Waals surface area contributed by atoms with Gasteiger partial charge in [-0.25, -0.2) is 4.39 Å². The Kier molecular flexibility index (Phi) is 2.39. The first kappa shape index (κ1) is 9.43.